The van der Waals surface area contributed by atoms with E-state index in [1.54, 1.807) is 0 Å². The van der Waals surface area contributed by atoms with Gasteiger partial charge in [-0.3, -0.25) is 0 Å². The minimum absolute atomic E-state index is 0.0150. The number of hydrogen-bond donors (Lipinski definition) is 4. The molecule has 0 amide bonds. The fourth-order valence-corrected chi connectivity index (χ4v) is 1.30. The maximum atomic E-state index is 12.8. The van der Waals surface area contributed by atoms with Gasteiger partial charge in [0.15, 0.2) is 6.10 Å². The summed E-state index contributed by atoms with van der Waals surface area (Å²) in [5.41, 5.74) is 0.0200. The van der Waals surface area contributed by atoms with E-state index in [0.29, 0.717) is 0 Å². The minimum atomic E-state index is -2.02. The zero-order valence-corrected chi connectivity index (χ0v) is 8.17. The van der Waals surface area contributed by atoms with Crippen molar-refractivity contribution in [2.75, 3.05) is 0 Å². The van der Waals surface area contributed by atoms with E-state index in [2.05, 4.69) is 0 Å². The Labute approximate surface area is 90.4 Å². The fraction of sp³-hybridized carbons (Fsp3) is 0.300. The molecule has 0 fully saturated rings. The average Bonchev–Trinajstić information content (AvgIpc) is 2.26. The molecule has 16 heavy (non-hydrogen) atoms. The van der Waals surface area contributed by atoms with Crippen molar-refractivity contribution in [3.05, 3.63) is 35.1 Å². The Morgan fingerprint density at radius 1 is 1.38 bits per heavy atom. The maximum absolute atomic E-state index is 12.8. The number of aliphatic carboxylic acids is 1. The van der Waals surface area contributed by atoms with Crippen LogP contribution < -0.4 is 0 Å². The quantitative estimate of drug-likeness (QED) is 0.574. The van der Waals surface area contributed by atoms with Crippen molar-refractivity contribution < 1.29 is 29.6 Å². The van der Waals surface area contributed by atoms with Gasteiger partial charge >= 0.3 is 5.97 Å². The summed E-state index contributed by atoms with van der Waals surface area (Å²) >= 11 is 0. The van der Waals surface area contributed by atoms with Gasteiger partial charge in [-0.2, -0.15) is 0 Å². The number of aliphatic hydroxyl groups is 3. The second-order valence-corrected chi connectivity index (χ2v) is 3.23. The molecule has 0 aliphatic heterocycles. The first-order chi connectivity index (χ1) is 7.47. The topological polar surface area (TPSA) is 98.0 Å². The number of aliphatic hydroxyl groups excluding tert-OH is 3. The number of carboxylic acid groups (broad SMARTS) is 1. The number of carbonyl (C=O) groups is 1. The molecule has 0 bridgehead atoms. The van der Waals surface area contributed by atoms with Crippen LogP contribution in [0.4, 0.5) is 4.39 Å². The van der Waals surface area contributed by atoms with Gasteiger partial charge < -0.3 is 20.4 Å². The van der Waals surface area contributed by atoms with Gasteiger partial charge in [-0.05, 0) is 23.3 Å². The second kappa shape index (κ2) is 5.02. The molecule has 1 aromatic rings. The molecule has 5 nitrogen and oxygen atoms in total. The summed E-state index contributed by atoms with van der Waals surface area (Å²) in [5.74, 6) is -2.22. The SMILES string of the molecule is O=C(O)C(O)C(O)c1ccc(F)cc1CO. The molecule has 0 aliphatic rings. The largest absolute Gasteiger partial charge is 0.479 e. The second-order valence-electron chi connectivity index (χ2n) is 3.23. The molecule has 0 radical (unpaired) electrons. The number of halogens is 1. The Balaban J connectivity index is 3.07. The van der Waals surface area contributed by atoms with Crippen LogP contribution in [0.1, 0.15) is 17.2 Å². The molecule has 0 saturated carbocycles. The van der Waals surface area contributed by atoms with Crippen molar-refractivity contribution in [2.45, 2.75) is 18.8 Å². The Bertz CT molecular complexity index is 393. The first kappa shape index (κ1) is 12.6. The molecule has 0 aromatic heterocycles. The van der Waals surface area contributed by atoms with Crippen LogP contribution in [-0.2, 0) is 11.4 Å². The predicted octanol–water partition coefficient (Wildman–Crippen LogP) is -0.203. The average molecular weight is 230 g/mol. The summed E-state index contributed by atoms with van der Waals surface area (Å²) in [4.78, 5) is 10.4. The lowest BCUT2D eigenvalue weighted by Crippen LogP contribution is -2.28. The molecule has 88 valence electrons. The molecule has 1 rings (SSSR count). The van der Waals surface area contributed by atoms with Gasteiger partial charge in [-0.15, -0.1) is 0 Å². The predicted molar refractivity (Wildman–Crippen MR) is 50.9 cm³/mol. The van der Waals surface area contributed by atoms with E-state index in [4.69, 9.17) is 15.3 Å². The van der Waals surface area contributed by atoms with Crippen LogP contribution in [-0.4, -0.2) is 32.5 Å². The summed E-state index contributed by atoms with van der Waals surface area (Å²) in [6.45, 7) is -0.559. The van der Waals surface area contributed by atoms with Crippen LogP contribution in [0.15, 0.2) is 18.2 Å². The van der Waals surface area contributed by atoms with E-state index in [1.807, 2.05) is 0 Å². The van der Waals surface area contributed by atoms with Gasteiger partial charge in [0.25, 0.3) is 0 Å². The molecule has 4 N–H and O–H groups in total. The van der Waals surface area contributed by atoms with Crippen LogP contribution in [0.5, 0.6) is 0 Å². The molecule has 0 saturated heterocycles. The molecular weight excluding hydrogens is 219 g/mol. The van der Waals surface area contributed by atoms with Crippen LogP contribution in [0.25, 0.3) is 0 Å². The van der Waals surface area contributed by atoms with Gasteiger partial charge in [0.1, 0.15) is 11.9 Å². The molecule has 0 spiro atoms. The summed E-state index contributed by atoms with van der Waals surface area (Å²) < 4.78 is 12.8. The third-order valence-corrected chi connectivity index (χ3v) is 2.15. The molecule has 0 heterocycles. The normalized spacial score (nSPS) is 14.5. The highest BCUT2D eigenvalue weighted by molar-refractivity contribution is 5.73. The molecular formula is C10H11FO5. The van der Waals surface area contributed by atoms with Crippen molar-refractivity contribution in [3.8, 4) is 0 Å². The lowest BCUT2D eigenvalue weighted by molar-refractivity contribution is -0.153. The van der Waals surface area contributed by atoms with E-state index in [1.165, 1.54) is 0 Å². The van der Waals surface area contributed by atoms with E-state index < -0.39 is 30.6 Å². The molecule has 6 heteroatoms. The van der Waals surface area contributed by atoms with E-state index >= 15 is 0 Å². The molecule has 1 aromatic carbocycles. The van der Waals surface area contributed by atoms with Crippen molar-refractivity contribution in [2.24, 2.45) is 0 Å². The standard InChI is InChI=1S/C10H11FO5/c11-6-1-2-7(5(3-6)4-12)8(13)9(14)10(15)16/h1-3,8-9,12-14H,4H2,(H,15,16). The first-order valence-corrected chi connectivity index (χ1v) is 4.45. The van der Waals surface area contributed by atoms with Crippen molar-refractivity contribution in [1.82, 2.24) is 0 Å². The Morgan fingerprint density at radius 3 is 2.50 bits per heavy atom. The lowest BCUT2D eigenvalue weighted by atomic mass is 9.99. The highest BCUT2D eigenvalue weighted by Crippen LogP contribution is 2.22. The summed E-state index contributed by atoms with van der Waals surface area (Å²) in [6, 6.07) is 3.09. The minimum Gasteiger partial charge on any atom is -0.479 e. The van der Waals surface area contributed by atoms with Gasteiger partial charge in [0.05, 0.1) is 6.61 Å². The highest BCUT2D eigenvalue weighted by atomic mass is 19.1. The van der Waals surface area contributed by atoms with Crippen LogP contribution >= 0.6 is 0 Å². The molecule has 2 unspecified atom stereocenters. The van der Waals surface area contributed by atoms with Crippen LogP contribution in [0, 0.1) is 5.82 Å². The fourth-order valence-electron chi connectivity index (χ4n) is 1.30. The zero-order valence-electron chi connectivity index (χ0n) is 8.17. The van der Waals surface area contributed by atoms with Gasteiger partial charge in [-0.25, -0.2) is 9.18 Å². The third kappa shape index (κ3) is 2.54. The number of hydrogen-bond acceptors (Lipinski definition) is 4. The van der Waals surface area contributed by atoms with E-state index in [9.17, 15) is 14.3 Å². The van der Waals surface area contributed by atoms with Gasteiger partial charge in [0.2, 0.25) is 0 Å². The van der Waals surface area contributed by atoms with Crippen LogP contribution in [0.2, 0.25) is 0 Å². The van der Waals surface area contributed by atoms with Crippen molar-refractivity contribution in [1.29, 1.82) is 0 Å². The summed E-state index contributed by atoms with van der Waals surface area (Å²) in [6.07, 6.45) is -3.73. The summed E-state index contributed by atoms with van der Waals surface area (Å²) in [7, 11) is 0. The number of rotatable bonds is 4. The zero-order chi connectivity index (χ0) is 12.3. The van der Waals surface area contributed by atoms with Crippen molar-refractivity contribution in [3.63, 3.8) is 0 Å². The summed E-state index contributed by atoms with van der Waals surface area (Å²) in [5, 5.41) is 36.0. The highest BCUT2D eigenvalue weighted by Gasteiger charge is 2.26. The number of benzene rings is 1. The van der Waals surface area contributed by atoms with E-state index in [-0.39, 0.29) is 11.1 Å². The third-order valence-electron chi connectivity index (χ3n) is 2.15. The first-order valence-electron chi connectivity index (χ1n) is 4.45. The Kier molecular flexibility index (Phi) is 3.94. The van der Waals surface area contributed by atoms with Gasteiger partial charge in [0, 0.05) is 0 Å². The molecule has 2 atom stereocenters. The monoisotopic (exact) mass is 230 g/mol. The Morgan fingerprint density at radius 2 is 2.00 bits per heavy atom. The van der Waals surface area contributed by atoms with Crippen molar-refractivity contribution >= 4 is 5.97 Å². The maximum Gasteiger partial charge on any atom is 0.335 e. The van der Waals surface area contributed by atoms with Gasteiger partial charge in [-0.1, -0.05) is 6.07 Å². The number of carboxylic acids is 1. The lowest BCUT2D eigenvalue weighted by Gasteiger charge is -2.17. The van der Waals surface area contributed by atoms with E-state index in [0.717, 1.165) is 18.2 Å². The van der Waals surface area contributed by atoms with Crippen LogP contribution in [0.3, 0.4) is 0 Å². The Hall–Kier alpha value is -1.50. The molecule has 0 aliphatic carbocycles. The smallest absolute Gasteiger partial charge is 0.335 e.